The minimum Gasteiger partial charge on any atom is -0.312 e. The lowest BCUT2D eigenvalue weighted by Gasteiger charge is -2.31. The first-order chi connectivity index (χ1) is 8.41. The second-order valence-electron chi connectivity index (χ2n) is 4.29. The summed E-state index contributed by atoms with van der Waals surface area (Å²) >= 11 is 3.01. The second kappa shape index (κ2) is 5.24. The molecule has 0 spiro atoms. The summed E-state index contributed by atoms with van der Waals surface area (Å²) in [6.45, 7) is 3.34. The van der Waals surface area contributed by atoms with Gasteiger partial charge < -0.3 is 5.32 Å². The predicted octanol–water partition coefficient (Wildman–Crippen LogP) is 1.57. The van der Waals surface area contributed by atoms with Gasteiger partial charge in [-0.1, -0.05) is 0 Å². The number of nitrogens with zero attached hydrogens (tertiary/aromatic N) is 1. The standard InChI is InChI=1S/C11H14BrFN2O2S/c1-8-7-15(5-4-14-8)18(16,17)9-2-3-10(12)11(13)6-9/h2-3,6,8,14H,4-5,7H2,1H3/t8-/m1/s1. The molecule has 0 amide bonds. The van der Waals surface area contributed by atoms with Gasteiger partial charge in [0.15, 0.2) is 0 Å². The Morgan fingerprint density at radius 2 is 2.22 bits per heavy atom. The van der Waals surface area contributed by atoms with E-state index in [0.29, 0.717) is 19.6 Å². The number of piperazine rings is 1. The van der Waals surface area contributed by atoms with Crippen molar-refractivity contribution in [2.45, 2.75) is 17.9 Å². The Hall–Kier alpha value is -0.500. The molecule has 2 rings (SSSR count). The third-order valence-electron chi connectivity index (χ3n) is 2.86. The van der Waals surface area contributed by atoms with Crippen molar-refractivity contribution in [3.05, 3.63) is 28.5 Å². The first-order valence-electron chi connectivity index (χ1n) is 5.60. The second-order valence-corrected chi connectivity index (χ2v) is 7.09. The quantitative estimate of drug-likeness (QED) is 0.891. The number of benzene rings is 1. The monoisotopic (exact) mass is 336 g/mol. The molecule has 1 fully saturated rings. The molecule has 0 aliphatic carbocycles. The highest BCUT2D eigenvalue weighted by Crippen LogP contribution is 2.22. The third-order valence-corrected chi connectivity index (χ3v) is 5.36. The van der Waals surface area contributed by atoms with Crippen molar-refractivity contribution in [1.82, 2.24) is 9.62 Å². The fraction of sp³-hybridized carbons (Fsp3) is 0.455. The van der Waals surface area contributed by atoms with Crippen molar-refractivity contribution in [1.29, 1.82) is 0 Å². The van der Waals surface area contributed by atoms with E-state index in [9.17, 15) is 12.8 Å². The van der Waals surface area contributed by atoms with Crippen LogP contribution in [0.3, 0.4) is 0 Å². The van der Waals surface area contributed by atoms with Gasteiger partial charge in [-0.05, 0) is 41.1 Å². The molecule has 0 unspecified atom stereocenters. The zero-order chi connectivity index (χ0) is 13.3. The molecule has 1 atom stereocenters. The molecule has 1 heterocycles. The lowest BCUT2D eigenvalue weighted by atomic mass is 10.3. The minimum atomic E-state index is -3.60. The number of hydrogen-bond donors (Lipinski definition) is 1. The van der Waals surface area contributed by atoms with Crippen LogP contribution in [0.15, 0.2) is 27.6 Å². The fourth-order valence-corrected chi connectivity index (χ4v) is 3.69. The molecule has 1 aliphatic heterocycles. The molecule has 0 saturated carbocycles. The summed E-state index contributed by atoms with van der Waals surface area (Å²) in [6, 6.07) is 3.98. The maximum Gasteiger partial charge on any atom is 0.243 e. The van der Waals surface area contributed by atoms with Crippen LogP contribution >= 0.6 is 15.9 Å². The average molecular weight is 337 g/mol. The van der Waals surface area contributed by atoms with Gasteiger partial charge in [-0.15, -0.1) is 0 Å². The third kappa shape index (κ3) is 2.74. The van der Waals surface area contributed by atoms with Crippen LogP contribution in [0.2, 0.25) is 0 Å². The molecular weight excluding hydrogens is 323 g/mol. The lowest BCUT2D eigenvalue weighted by molar-refractivity contribution is 0.310. The van der Waals surface area contributed by atoms with Crippen LogP contribution in [0, 0.1) is 5.82 Å². The van der Waals surface area contributed by atoms with E-state index in [-0.39, 0.29) is 15.4 Å². The Kier molecular flexibility index (Phi) is 4.05. The zero-order valence-electron chi connectivity index (χ0n) is 9.86. The van der Waals surface area contributed by atoms with Crippen LogP contribution in [-0.4, -0.2) is 38.4 Å². The van der Waals surface area contributed by atoms with Crippen LogP contribution in [0.1, 0.15) is 6.92 Å². The Bertz CT molecular complexity index is 550. The molecule has 1 aromatic rings. The van der Waals surface area contributed by atoms with Gasteiger partial charge >= 0.3 is 0 Å². The van der Waals surface area contributed by atoms with Crippen molar-refractivity contribution < 1.29 is 12.8 Å². The smallest absolute Gasteiger partial charge is 0.243 e. The van der Waals surface area contributed by atoms with E-state index in [1.807, 2.05) is 6.92 Å². The number of rotatable bonds is 2. The van der Waals surface area contributed by atoms with Gasteiger partial charge in [0.25, 0.3) is 0 Å². The summed E-state index contributed by atoms with van der Waals surface area (Å²) in [4.78, 5) is -0.00250. The summed E-state index contributed by atoms with van der Waals surface area (Å²) in [6.07, 6.45) is 0. The maximum absolute atomic E-state index is 13.4. The molecule has 7 heteroatoms. The van der Waals surface area contributed by atoms with Crippen molar-refractivity contribution >= 4 is 26.0 Å². The van der Waals surface area contributed by atoms with Gasteiger partial charge in [-0.25, -0.2) is 12.8 Å². The van der Waals surface area contributed by atoms with Crippen molar-refractivity contribution in [2.24, 2.45) is 0 Å². The summed E-state index contributed by atoms with van der Waals surface area (Å²) in [5.41, 5.74) is 0. The molecular formula is C11H14BrFN2O2S. The summed E-state index contributed by atoms with van der Waals surface area (Å²) < 4.78 is 39.7. The Morgan fingerprint density at radius 1 is 1.50 bits per heavy atom. The fourth-order valence-electron chi connectivity index (χ4n) is 1.90. The van der Waals surface area contributed by atoms with Gasteiger partial charge in [0, 0.05) is 25.7 Å². The molecule has 18 heavy (non-hydrogen) atoms. The number of nitrogens with one attached hydrogen (secondary N) is 1. The average Bonchev–Trinajstić information content (AvgIpc) is 2.32. The molecule has 1 saturated heterocycles. The highest BCUT2D eigenvalue weighted by Gasteiger charge is 2.28. The molecule has 1 aliphatic rings. The number of halogens is 2. The normalized spacial score (nSPS) is 22.1. The van der Waals surface area contributed by atoms with Crippen LogP contribution in [0.5, 0.6) is 0 Å². The van der Waals surface area contributed by atoms with Gasteiger partial charge in [0.2, 0.25) is 10.0 Å². The SMILES string of the molecule is C[C@@H]1CN(S(=O)(=O)c2ccc(Br)c(F)c2)CCN1. The molecule has 100 valence electrons. The summed E-state index contributed by atoms with van der Waals surface area (Å²) in [5.74, 6) is -0.570. The maximum atomic E-state index is 13.4. The summed E-state index contributed by atoms with van der Waals surface area (Å²) in [7, 11) is -3.60. The van der Waals surface area contributed by atoms with E-state index in [1.54, 1.807) is 0 Å². The highest BCUT2D eigenvalue weighted by molar-refractivity contribution is 9.10. The van der Waals surface area contributed by atoms with Gasteiger partial charge in [-0.2, -0.15) is 4.31 Å². The van der Waals surface area contributed by atoms with Crippen LogP contribution < -0.4 is 5.32 Å². The predicted molar refractivity (Wildman–Crippen MR) is 70.3 cm³/mol. The van der Waals surface area contributed by atoms with Crippen LogP contribution in [-0.2, 0) is 10.0 Å². The molecule has 1 aromatic carbocycles. The van der Waals surface area contributed by atoms with Gasteiger partial charge in [0.05, 0.1) is 9.37 Å². The van der Waals surface area contributed by atoms with Gasteiger partial charge in [-0.3, -0.25) is 0 Å². The Balaban J connectivity index is 2.32. The Morgan fingerprint density at radius 3 is 2.83 bits per heavy atom. The summed E-state index contributed by atoms with van der Waals surface area (Å²) in [5, 5.41) is 3.17. The number of sulfonamides is 1. The first kappa shape index (κ1) is 13.9. The zero-order valence-corrected chi connectivity index (χ0v) is 12.3. The highest BCUT2D eigenvalue weighted by atomic mass is 79.9. The van der Waals surface area contributed by atoms with Gasteiger partial charge in [0.1, 0.15) is 5.82 Å². The topological polar surface area (TPSA) is 49.4 Å². The van der Waals surface area contributed by atoms with E-state index in [0.717, 1.165) is 6.07 Å². The van der Waals surface area contributed by atoms with E-state index in [2.05, 4.69) is 21.2 Å². The molecule has 4 nitrogen and oxygen atoms in total. The van der Waals surface area contributed by atoms with Crippen molar-refractivity contribution in [3.8, 4) is 0 Å². The van der Waals surface area contributed by atoms with Crippen LogP contribution in [0.4, 0.5) is 4.39 Å². The minimum absolute atomic E-state index is 0.00250. The molecule has 0 bridgehead atoms. The van der Waals surface area contributed by atoms with E-state index >= 15 is 0 Å². The van der Waals surface area contributed by atoms with Crippen LogP contribution in [0.25, 0.3) is 0 Å². The van der Waals surface area contributed by atoms with E-state index in [4.69, 9.17) is 0 Å². The number of hydrogen-bond acceptors (Lipinski definition) is 3. The van der Waals surface area contributed by atoms with Crippen molar-refractivity contribution in [3.63, 3.8) is 0 Å². The largest absolute Gasteiger partial charge is 0.312 e. The van der Waals surface area contributed by atoms with E-state index in [1.165, 1.54) is 16.4 Å². The lowest BCUT2D eigenvalue weighted by Crippen LogP contribution is -2.51. The molecule has 0 radical (unpaired) electrons. The molecule has 1 N–H and O–H groups in total. The molecule has 0 aromatic heterocycles. The Labute approximate surface area is 114 Å². The van der Waals surface area contributed by atoms with Crippen molar-refractivity contribution in [2.75, 3.05) is 19.6 Å². The first-order valence-corrected chi connectivity index (χ1v) is 7.83. The van der Waals surface area contributed by atoms with E-state index < -0.39 is 15.8 Å².